The van der Waals surface area contributed by atoms with Crippen molar-refractivity contribution in [1.29, 1.82) is 0 Å². The molecule has 0 aliphatic carbocycles. The zero-order valence-corrected chi connectivity index (χ0v) is 14.0. The van der Waals surface area contributed by atoms with Crippen molar-refractivity contribution in [2.75, 3.05) is 26.0 Å². The first-order chi connectivity index (χ1) is 8.90. The molecule has 0 spiro atoms. The van der Waals surface area contributed by atoms with Crippen LogP contribution < -0.4 is 4.90 Å². The fourth-order valence-electron chi connectivity index (χ4n) is 1.67. The van der Waals surface area contributed by atoms with Gasteiger partial charge in [0.05, 0.1) is 10.6 Å². The predicted octanol–water partition coefficient (Wildman–Crippen LogP) is 3.35. The van der Waals surface area contributed by atoms with Gasteiger partial charge in [-0.1, -0.05) is 30.0 Å². The first-order valence-corrected chi connectivity index (χ1v) is 7.60. The third kappa shape index (κ3) is 3.01. The average molecular weight is 357 g/mol. The van der Waals surface area contributed by atoms with E-state index in [1.54, 1.807) is 7.05 Å². The molecule has 3 nitrogen and oxygen atoms in total. The van der Waals surface area contributed by atoms with E-state index < -0.39 is 0 Å². The second-order valence-corrected chi connectivity index (χ2v) is 6.88. The van der Waals surface area contributed by atoms with Crippen LogP contribution in [-0.4, -0.2) is 36.3 Å². The Hall–Kier alpha value is -0.850. The second kappa shape index (κ2) is 5.64. The predicted molar refractivity (Wildman–Crippen MR) is 89.4 cm³/mol. The van der Waals surface area contributed by atoms with E-state index in [-0.39, 0.29) is 5.91 Å². The summed E-state index contributed by atoms with van der Waals surface area (Å²) in [6.45, 7) is 0. The van der Waals surface area contributed by atoms with Crippen molar-refractivity contribution in [2.24, 2.45) is 0 Å². The van der Waals surface area contributed by atoms with Crippen LogP contribution in [0.3, 0.4) is 0 Å². The maximum absolute atomic E-state index is 11.9. The van der Waals surface area contributed by atoms with Gasteiger partial charge in [-0.2, -0.15) is 0 Å². The highest BCUT2D eigenvalue weighted by Gasteiger charge is 2.28. The first-order valence-electron chi connectivity index (χ1n) is 5.58. The van der Waals surface area contributed by atoms with Crippen molar-refractivity contribution in [1.82, 2.24) is 4.90 Å². The zero-order valence-electron chi connectivity index (χ0n) is 10.8. The maximum Gasteiger partial charge on any atom is 0.265 e. The van der Waals surface area contributed by atoms with Crippen LogP contribution in [0.4, 0.5) is 5.69 Å². The van der Waals surface area contributed by atoms with Crippen molar-refractivity contribution in [2.45, 2.75) is 0 Å². The number of carbonyl (C=O) groups excluding carboxylic acids is 1. The van der Waals surface area contributed by atoms with Gasteiger partial charge in [0.15, 0.2) is 0 Å². The number of amides is 1. The number of carbonyl (C=O) groups is 1. The highest BCUT2D eigenvalue weighted by Crippen LogP contribution is 2.33. The standard InChI is InChI=1S/C13H13BrN2OS2/c1-15(2)10-5-4-8(6-9(10)14)7-11-12(17)16(3)13(18)19-11/h4-7H,1-3H3/b11-7+. The molecule has 1 aromatic rings. The molecular weight excluding hydrogens is 344 g/mol. The first kappa shape index (κ1) is 14.6. The lowest BCUT2D eigenvalue weighted by Crippen LogP contribution is -2.22. The molecule has 0 unspecified atom stereocenters. The Kier molecular flexibility index (Phi) is 4.32. The molecule has 100 valence electrons. The Bertz CT molecular complexity index is 584. The van der Waals surface area contributed by atoms with E-state index in [0.29, 0.717) is 9.23 Å². The van der Waals surface area contributed by atoms with Crippen LogP contribution in [-0.2, 0) is 4.79 Å². The van der Waals surface area contributed by atoms with E-state index in [9.17, 15) is 4.79 Å². The summed E-state index contributed by atoms with van der Waals surface area (Å²) in [7, 11) is 5.67. The van der Waals surface area contributed by atoms with Crippen LogP contribution in [0.5, 0.6) is 0 Å². The van der Waals surface area contributed by atoms with Gasteiger partial charge in [-0.05, 0) is 39.7 Å². The minimum atomic E-state index is -0.0391. The second-order valence-electron chi connectivity index (χ2n) is 4.35. The molecule has 0 radical (unpaired) electrons. The van der Waals surface area contributed by atoms with Crippen LogP contribution in [0.25, 0.3) is 6.08 Å². The van der Waals surface area contributed by atoms with Gasteiger partial charge in [0, 0.05) is 25.6 Å². The zero-order chi connectivity index (χ0) is 14.2. The van der Waals surface area contributed by atoms with Crippen molar-refractivity contribution < 1.29 is 4.79 Å². The molecule has 0 aromatic heterocycles. The van der Waals surface area contributed by atoms with Crippen LogP contribution in [0, 0.1) is 0 Å². The summed E-state index contributed by atoms with van der Waals surface area (Å²) in [6.07, 6.45) is 1.87. The molecule has 6 heteroatoms. The Labute approximate surface area is 130 Å². The van der Waals surface area contributed by atoms with Crippen molar-refractivity contribution in [3.63, 3.8) is 0 Å². The Morgan fingerprint density at radius 2 is 2.11 bits per heavy atom. The lowest BCUT2D eigenvalue weighted by Gasteiger charge is -2.14. The van der Waals surface area contributed by atoms with Crippen LogP contribution in [0.2, 0.25) is 0 Å². The molecule has 1 aliphatic heterocycles. The molecule has 2 rings (SSSR count). The topological polar surface area (TPSA) is 23.6 Å². The number of anilines is 1. The van der Waals surface area contributed by atoms with Crippen molar-refractivity contribution in [3.05, 3.63) is 33.1 Å². The molecule has 1 heterocycles. The molecule has 0 saturated carbocycles. The Morgan fingerprint density at radius 1 is 1.42 bits per heavy atom. The number of thioether (sulfide) groups is 1. The van der Waals surface area contributed by atoms with Crippen molar-refractivity contribution in [3.8, 4) is 0 Å². The largest absolute Gasteiger partial charge is 0.377 e. The molecule has 1 aliphatic rings. The van der Waals surface area contributed by atoms with Gasteiger partial charge < -0.3 is 4.90 Å². The Balaban J connectivity index is 2.32. The summed E-state index contributed by atoms with van der Waals surface area (Å²) in [6, 6.07) is 6.00. The lowest BCUT2D eigenvalue weighted by atomic mass is 10.2. The molecule has 1 saturated heterocycles. The van der Waals surface area contributed by atoms with Gasteiger partial charge in [-0.3, -0.25) is 9.69 Å². The molecule has 1 fully saturated rings. The van der Waals surface area contributed by atoms with E-state index >= 15 is 0 Å². The Morgan fingerprint density at radius 3 is 2.58 bits per heavy atom. The summed E-state index contributed by atoms with van der Waals surface area (Å²) >= 11 is 9.98. The molecule has 1 aromatic carbocycles. The van der Waals surface area contributed by atoms with E-state index in [1.807, 2.05) is 43.3 Å². The van der Waals surface area contributed by atoms with Crippen molar-refractivity contribution >= 4 is 61.9 Å². The number of hydrogen-bond donors (Lipinski definition) is 0. The number of hydrogen-bond acceptors (Lipinski definition) is 4. The molecular formula is C13H13BrN2OS2. The smallest absolute Gasteiger partial charge is 0.265 e. The highest BCUT2D eigenvalue weighted by atomic mass is 79.9. The number of thiocarbonyl (C=S) groups is 1. The minimum absolute atomic E-state index is 0.0391. The average Bonchev–Trinajstić information content (AvgIpc) is 2.57. The van der Waals surface area contributed by atoms with Crippen LogP contribution >= 0.6 is 39.9 Å². The van der Waals surface area contributed by atoms with Crippen LogP contribution in [0.15, 0.2) is 27.6 Å². The fourth-order valence-corrected chi connectivity index (χ4v) is 3.60. The third-order valence-corrected chi connectivity index (χ3v) is 4.86. The van der Waals surface area contributed by atoms with E-state index in [0.717, 1.165) is 15.7 Å². The monoisotopic (exact) mass is 356 g/mol. The van der Waals surface area contributed by atoms with Gasteiger partial charge in [0.2, 0.25) is 0 Å². The van der Waals surface area contributed by atoms with E-state index in [1.165, 1.54) is 16.7 Å². The number of benzene rings is 1. The summed E-state index contributed by atoms with van der Waals surface area (Å²) in [5.74, 6) is -0.0391. The summed E-state index contributed by atoms with van der Waals surface area (Å²) in [5.41, 5.74) is 2.08. The van der Waals surface area contributed by atoms with Gasteiger partial charge >= 0.3 is 0 Å². The third-order valence-electron chi connectivity index (χ3n) is 2.74. The molecule has 0 bridgehead atoms. The highest BCUT2D eigenvalue weighted by molar-refractivity contribution is 9.10. The lowest BCUT2D eigenvalue weighted by molar-refractivity contribution is -0.121. The van der Waals surface area contributed by atoms with Gasteiger partial charge in [0.25, 0.3) is 5.91 Å². The number of likely N-dealkylation sites (N-methyl/N-ethyl adjacent to an activating group) is 1. The SMILES string of the molecule is CN1C(=O)/C(=C\c2ccc(N(C)C)c(Br)c2)SC1=S. The molecule has 1 amide bonds. The maximum atomic E-state index is 11.9. The number of nitrogens with zero attached hydrogens (tertiary/aromatic N) is 2. The fraction of sp³-hybridized carbons (Fsp3) is 0.231. The summed E-state index contributed by atoms with van der Waals surface area (Å²) in [5, 5.41) is 0. The molecule has 0 N–H and O–H groups in total. The molecule has 0 atom stereocenters. The van der Waals surface area contributed by atoms with Crippen LogP contribution in [0.1, 0.15) is 5.56 Å². The van der Waals surface area contributed by atoms with Gasteiger partial charge in [-0.15, -0.1) is 0 Å². The molecule has 19 heavy (non-hydrogen) atoms. The van der Waals surface area contributed by atoms with E-state index in [2.05, 4.69) is 15.9 Å². The number of rotatable bonds is 2. The minimum Gasteiger partial charge on any atom is -0.377 e. The summed E-state index contributed by atoms with van der Waals surface area (Å²) < 4.78 is 1.60. The summed E-state index contributed by atoms with van der Waals surface area (Å²) in [4.78, 5) is 16.1. The number of halogens is 1. The van der Waals surface area contributed by atoms with E-state index in [4.69, 9.17) is 12.2 Å². The normalized spacial score (nSPS) is 17.5. The van der Waals surface area contributed by atoms with Gasteiger partial charge in [-0.25, -0.2) is 0 Å². The van der Waals surface area contributed by atoms with Gasteiger partial charge in [0.1, 0.15) is 4.32 Å². The quantitative estimate of drug-likeness (QED) is 0.598.